The Kier molecular flexibility index (Phi) is 3.63. The van der Waals surface area contributed by atoms with E-state index in [-0.39, 0.29) is 11.7 Å². The number of nitrogens with zero attached hydrogens (tertiary/aromatic N) is 2. The number of nitrogens with one attached hydrogen (secondary N) is 1. The average Bonchev–Trinajstić information content (AvgIpc) is 2.38. The van der Waals surface area contributed by atoms with Crippen LogP contribution < -0.4 is 16.2 Å². The number of nitrogen functional groups attached to an aromatic ring is 1. The fourth-order valence-corrected chi connectivity index (χ4v) is 2.06. The van der Waals surface area contributed by atoms with Crippen molar-refractivity contribution in [1.82, 2.24) is 0 Å². The highest BCUT2D eigenvalue weighted by atomic mass is 16.6. The normalized spacial score (nSPS) is 19.7. The molecule has 0 amide bonds. The van der Waals surface area contributed by atoms with Gasteiger partial charge in [0.1, 0.15) is 0 Å². The molecule has 1 aromatic rings. The lowest BCUT2D eigenvalue weighted by molar-refractivity contribution is -0.384. The van der Waals surface area contributed by atoms with Crippen LogP contribution in [0.5, 0.6) is 0 Å². The van der Waals surface area contributed by atoms with Gasteiger partial charge in [0.25, 0.3) is 5.69 Å². The summed E-state index contributed by atoms with van der Waals surface area (Å²) in [5.74, 6) is 5.34. The number of nitrogens with two attached hydrogens (primary N) is 1. The fraction of sp³-hybridized carbons (Fsp3) is 0.455. The van der Waals surface area contributed by atoms with Gasteiger partial charge in [0, 0.05) is 30.4 Å². The van der Waals surface area contributed by atoms with Crippen LogP contribution in [-0.2, 0) is 4.74 Å². The Balaban J connectivity index is 2.36. The van der Waals surface area contributed by atoms with E-state index < -0.39 is 4.92 Å². The second-order valence-electron chi connectivity index (χ2n) is 4.26. The maximum absolute atomic E-state index is 10.9. The SMILES string of the molecule is CC1COCCN1c1cc(NN)cc([N+](=O)[O-])c1. The molecule has 1 atom stereocenters. The monoisotopic (exact) mass is 252 g/mol. The van der Waals surface area contributed by atoms with Crippen LogP contribution in [0.4, 0.5) is 17.1 Å². The van der Waals surface area contributed by atoms with Gasteiger partial charge in [-0.15, -0.1) is 0 Å². The van der Waals surface area contributed by atoms with Gasteiger partial charge >= 0.3 is 0 Å². The van der Waals surface area contributed by atoms with Gasteiger partial charge < -0.3 is 15.1 Å². The summed E-state index contributed by atoms with van der Waals surface area (Å²) in [4.78, 5) is 12.5. The van der Waals surface area contributed by atoms with Crippen molar-refractivity contribution in [2.45, 2.75) is 13.0 Å². The Labute approximate surface area is 105 Å². The van der Waals surface area contributed by atoms with Crippen molar-refractivity contribution >= 4 is 17.1 Å². The Morgan fingerprint density at radius 3 is 2.94 bits per heavy atom. The Hall–Kier alpha value is -1.86. The van der Waals surface area contributed by atoms with Crippen LogP contribution in [-0.4, -0.2) is 30.7 Å². The van der Waals surface area contributed by atoms with E-state index in [0.717, 1.165) is 5.69 Å². The molecular weight excluding hydrogens is 236 g/mol. The van der Waals surface area contributed by atoms with Crippen molar-refractivity contribution in [3.8, 4) is 0 Å². The van der Waals surface area contributed by atoms with Gasteiger partial charge in [-0.3, -0.25) is 16.0 Å². The number of non-ortho nitro benzene ring substituents is 1. The predicted molar refractivity (Wildman–Crippen MR) is 68.5 cm³/mol. The maximum Gasteiger partial charge on any atom is 0.273 e. The van der Waals surface area contributed by atoms with Gasteiger partial charge in [0.05, 0.1) is 23.8 Å². The molecule has 18 heavy (non-hydrogen) atoms. The predicted octanol–water partition coefficient (Wildman–Crippen LogP) is 1.11. The van der Waals surface area contributed by atoms with E-state index in [2.05, 4.69) is 10.3 Å². The molecule has 1 heterocycles. The van der Waals surface area contributed by atoms with Crippen molar-refractivity contribution in [2.75, 3.05) is 30.1 Å². The summed E-state index contributed by atoms with van der Waals surface area (Å²) >= 11 is 0. The third-order valence-electron chi connectivity index (χ3n) is 2.98. The Bertz CT molecular complexity index is 452. The summed E-state index contributed by atoms with van der Waals surface area (Å²) in [6, 6.07) is 4.96. The lowest BCUT2D eigenvalue weighted by atomic mass is 10.2. The molecule has 1 aromatic carbocycles. The first-order valence-corrected chi connectivity index (χ1v) is 5.72. The minimum absolute atomic E-state index is 0.0270. The van der Waals surface area contributed by atoms with Crippen molar-refractivity contribution in [3.63, 3.8) is 0 Å². The molecule has 0 saturated carbocycles. The van der Waals surface area contributed by atoms with Gasteiger partial charge in [0.15, 0.2) is 0 Å². The molecule has 1 aliphatic rings. The smallest absolute Gasteiger partial charge is 0.273 e. The quantitative estimate of drug-likeness (QED) is 0.475. The molecule has 1 unspecified atom stereocenters. The standard InChI is InChI=1S/C11H16N4O3/c1-8-7-18-3-2-14(8)10-4-9(13-12)5-11(6-10)15(16)17/h4-6,8,13H,2-3,7,12H2,1H3. The number of hydrogen-bond donors (Lipinski definition) is 2. The molecule has 0 aromatic heterocycles. The first-order valence-electron chi connectivity index (χ1n) is 5.72. The molecule has 7 nitrogen and oxygen atoms in total. The van der Waals surface area contributed by atoms with Crippen molar-refractivity contribution in [2.24, 2.45) is 5.84 Å². The molecule has 0 radical (unpaired) electrons. The van der Waals surface area contributed by atoms with Crippen LogP contribution in [0.2, 0.25) is 0 Å². The van der Waals surface area contributed by atoms with E-state index in [0.29, 0.717) is 25.4 Å². The van der Waals surface area contributed by atoms with Crippen molar-refractivity contribution < 1.29 is 9.66 Å². The van der Waals surface area contributed by atoms with Crippen LogP contribution in [0.15, 0.2) is 18.2 Å². The van der Waals surface area contributed by atoms with Gasteiger partial charge in [0.2, 0.25) is 0 Å². The number of hydrazine groups is 1. The molecule has 0 spiro atoms. The molecule has 98 valence electrons. The van der Waals surface area contributed by atoms with Gasteiger partial charge in [-0.2, -0.15) is 0 Å². The number of benzene rings is 1. The summed E-state index contributed by atoms with van der Waals surface area (Å²) in [6.07, 6.45) is 0. The molecule has 1 saturated heterocycles. The molecule has 3 N–H and O–H groups in total. The van der Waals surface area contributed by atoms with E-state index >= 15 is 0 Å². The Morgan fingerprint density at radius 2 is 2.33 bits per heavy atom. The maximum atomic E-state index is 10.9. The number of morpholine rings is 1. The van der Waals surface area contributed by atoms with E-state index in [4.69, 9.17) is 10.6 Å². The lowest BCUT2D eigenvalue weighted by Gasteiger charge is -2.35. The highest BCUT2D eigenvalue weighted by molar-refractivity contribution is 5.64. The number of nitro groups is 1. The van der Waals surface area contributed by atoms with E-state index in [1.54, 1.807) is 12.1 Å². The summed E-state index contributed by atoms with van der Waals surface area (Å²) in [5.41, 5.74) is 3.79. The Morgan fingerprint density at radius 1 is 1.56 bits per heavy atom. The van der Waals surface area contributed by atoms with Crippen LogP contribution in [0.1, 0.15) is 6.92 Å². The zero-order valence-electron chi connectivity index (χ0n) is 10.1. The molecule has 7 heteroatoms. The number of rotatable bonds is 3. The van der Waals surface area contributed by atoms with Gasteiger partial charge in [-0.25, -0.2) is 0 Å². The zero-order valence-corrected chi connectivity index (χ0v) is 10.1. The summed E-state index contributed by atoms with van der Waals surface area (Å²) in [5, 5.41) is 10.9. The fourth-order valence-electron chi connectivity index (χ4n) is 2.06. The minimum atomic E-state index is -0.421. The molecule has 0 aliphatic carbocycles. The second-order valence-corrected chi connectivity index (χ2v) is 4.26. The first-order chi connectivity index (χ1) is 8.61. The summed E-state index contributed by atoms with van der Waals surface area (Å²) in [7, 11) is 0. The van der Waals surface area contributed by atoms with Crippen LogP contribution in [0, 0.1) is 10.1 Å². The van der Waals surface area contributed by atoms with Crippen molar-refractivity contribution in [3.05, 3.63) is 28.3 Å². The molecular formula is C11H16N4O3. The molecule has 1 aliphatic heterocycles. The minimum Gasteiger partial charge on any atom is -0.377 e. The topological polar surface area (TPSA) is 93.7 Å². The van der Waals surface area contributed by atoms with Crippen molar-refractivity contribution in [1.29, 1.82) is 0 Å². The first kappa shape index (κ1) is 12.6. The lowest BCUT2D eigenvalue weighted by Crippen LogP contribution is -2.43. The second kappa shape index (κ2) is 5.19. The summed E-state index contributed by atoms with van der Waals surface area (Å²) in [6.45, 7) is 3.98. The molecule has 2 rings (SSSR count). The summed E-state index contributed by atoms with van der Waals surface area (Å²) < 4.78 is 5.35. The van der Waals surface area contributed by atoms with E-state index in [1.807, 2.05) is 6.92 Å². The van der Waals surface area contributed by atoms with Crippen LogP contribution >= 0.6 is 0 Å². The van der Waals surface area contributed by atoms with Gasteiger partial charge in [-0.05, 0) is 13.0 Å². The highest BCUT2D eigenvalue weighted by Crippen LogP contribution is 2.28. The van der Waals surface area contributed by atoms with Crippen LogP contribution in [0.25, 0.3) is 0 Å². The molecule has 1 fully saturated rings. The molecule has 0 bridgehead atoms. The number of hydrogen-bond acceptors (Lipinski definition) is 6. The highest BCUT2D eigenvalue weighted by Gasteiger charge is 2.21. The number of nitro benzene ring substituents is 1. The van der Waals surface area contributed by atoms with E-state index in [9.17, 15) is 10.1 Å². The number of anilines is 2. The zero-order chi connectivity index (χ0) is 13.1. The van der Waals surface area contributed by atoms with E-state index in [1.165, 1.54) is 6.07 Å². The average molecular weight is 252 g/mol. The third kappa shape index (κ3) is 2.52. The number of ether oxygens (including phenoxy) is 1. The van der Waals surface area contributed by atoms with Gasteiger partial charge in [-0.1, -0.05) is 0 Å². The third-order valence-corrected chi connectivity index (χ3v) is 2.98. The van der Waals surface area contributed by atoms with Crippen LogP contribution in [0.3, 0.4) is 0 Å². The largest absolute Gasteiger partial charge is 0.377 e.